The molecule has 0 spiro atoms. The van der Waals surface area contributed by atoms with Crippen LogP contribution >= 0.6 is 0 Å². The van der Waals surface area contributed by atoms with E-state index >= 15 is 0 Å². The van der Waals surface area contributed by atoms with Gasteiger partial charge < -0.3 is 15.0 Å². The number of aromatic amines is 1. The van der Waals surface area contributed by atoms with Gasteiger partial charge in [-0.15, -0.1) is 0 Å². The number of ether oxygens (including phenoxy) is 1. The topological polar surface area (TPSA) is 67.0 Å². The molecule has 1 heterocycles. The fraction of sp³-hybridized carbons (Fsp3) is 0.120. The number of amides is 1. The van der Waals surface area contributed by atoms with E-state index in [2.05, 4.69) is 15.3 Å². The van der Waals surface area contributed by atoms with Gasteiger partial charge in [-0.3, -0.25) is 4.79 Å². The van der Waals surface area contributed by atoms with Gasteiger partial charge in [-0.05, 0) is 35.9 Å². The summed E-state index contributed by atoms with van der Waals surface area (Å²) < 4.78 is 57.0. The minimum atomic E-state index is -4.82. The third-order valence-corrected chi connectivity index (χ3v) is 5.17. The van der Waals surface area contributed by atoms with Gasteiger partial charge in [0.2, 0.25) is 0 Å². The highest BCUT2D eigenvalue weighted by Gasteiger charge is 2.34. The molecule has 1 amide bonds. The van der Waals surface area contributed by atoms with E-state index in [0.717, 1.165) is 34.2 Å². The zero-order chi connectivity index (χ0) is 24.3. The predicted octanol–water partition coefficient (Wildman–Crippen LogP) is 5.84. The number of H-pyrrole nitrogens is 1. The van der Waals surface area contributed by atoms with Crippen LogP contribution in [0.5, 0.6) is 5.75 Å². The van der Waals surface area contributed by atoms with Gasteiger partial charge in [0.15, 0.2) is 0 Å². The van der Waals surface area contributed by atoms with Gasteiger partial charge in [0, 0.05) is 23.2 Å². The molecule has 0 unspecified atom stereocenters. The van der Waals surface area contributed by atoms with Crippen molar-refractivity contribution in [2.75, 3.05) is 7.11 Å². The minimum absolute atomic E-state index is 0.120. The molecule has 4 rings (SSSR count). The van der Waals surface area contributed by atoms with Crippen LogP contribution in [0.3, 0.4) is 0 Å². The Kier molecular flexibility index (Phi) is 6.36. The fourth-order valence-corrected chi connectivity index (χ4v) is 3.36. The molecular weight excluding hydrogens is 450 g/mol. The second kappa shape index (κ2) is 9.38. The van der Waals surface area contributed by atoms with Gasteiger partial charge in [-0.2, -0.15) is 13.2 Å². The Bertz CT molecular complexity index is 1310. The van der Waals surface area contributed by atoms with E-state index in [4.69, 9.17) is 4.74 Å². The zero-order valence-corrected chi connectivity index (χ0v) is 17.9. The lowest BCUT2D eigenvalue weighted by Crippen LogP contribution is -2.23. The average Bonchev–Trinajstić information content (AvgIpc) is 3.32. The largest absolute Gasteiger partial charge is 0.497 e. The highest BCUT2D eigenvalue weighted by molar-refractivity contribution is 5.94. The summed E-state index contributed by atoms with van der Waals surface area (Å²) in [5.74, 6) is -0.769. The molecule has 0 bridgehead atoms. The van der Waals surface area contributed by atoms with E-state index in [0.29, 0.717) is 18.0 Å². The number of alkyl halides is 3. The molecule has 0 fully saturated rings. The van der Waals surface area contributed by atoms with E-state index in [1.165, 1.54) is 0 Å². The van der Waals surface area contributed by atoms with Gasteiger partial charge in [0.05, 0.1) is 24.6 Å². The highest BCUT2D eigenvalue weighted by Crippen LogP contribution is 2.31. The molecule has 0 aliphatic carbocycles. The highest BCUT2D eigenvalue weighted by atomic mass is 19.4. The number of carbonyl (C=O) groups excluding carboxylic acids is 1. The van der Waals surface area contributed by atoms with E-state index in [-0.39, 0.29) is 12.1 Å². The zero-order valence-electron chi connectivity index (χ0n) is 17.9. The maximum atomic E-state index is 13.7. The van der Waals surface area contributed by atoms with Crippen LogP contribution in [0.4, 0.5) is 17.6 Å². The summed E-state index contributed by atoms with van der Waals surface area (Å²) in [7, 11) is 1.60. The molecule has 9 heteroatoms. The molecule has 1 aromatic heterocycles. The van der Waals surface area contributed by atoms with Crippen molar-refractivity contribution in [1.29, 1.82) is 0 Å². The average molecular weight is 469 g/mol. The normalized spacial score (nSPS) is 11.3. The van der Waals surface area contributed by atoms with Crippen molar-refractivity contribution in [3.05, 3.63) is 95.4 Å². The molecule has 2 N–H and O–H groups in total. The summed E-state index contributed by atoms with van der Waals surface area (Å²) in [5, 5.41) is 2.57. The number of hydrogen-bond donors (Lipinski definition) is 2. The number of methoxy groups -OCH3 is 1. The summed E-state index contributed by atoms with van der Waals surface area (Å²) in [6.07, 6.45) is -3.09. The van der Waals surface area contributed by atoms with Crippen LogP contribution < -0.4 is 10.1 Å². The first-order chi connectivity index (χ1) is 16.2. The Morgan fingerprint density at radius 3 is 2.47 bits per heavy atom. The first-order valence-corrected chi connectivity index (χ1v) is 10.2. The summed E-state index contributed by atoms with van der Waals surface area (Å²) in [5.41, 5.74) is 1.74. The number of imidazole rings is 1. The first-order valence-electron chi connectivity index (χ1n) is 10.2. The van der Waals surface area contributed by atoms with Crippen LogP contribution in [0.15, 0.2) is 72.9 Å². The first kappa shape index (κ1) is 23.0. The Morgan fingerprint density at radius 1 is 1.03 bits per heavy atom. The monoisotopic (exact) mass is 469 g/mol. The minimum Gasteiger partial charge on any atom is -0.497 e. The van der Waals surface area contributed by atoms with Gasteiger partial charge in [-0.1, -0.05) is 36.4 Å². The lowest BCUT2D eigenvalue weighted by Gasteiger charge is -2.10. The van der Waals surface area contributed by atoms with E-state index in [9.17, 15) is 22.4 Å². The van der Waals surface area contributed by atoms with Crippen LogP contribution in [-0.4, -0.2) is 23.0 Å². The van der Waals surface area contributed by atoms with Crippen LogP contribution in [0.1, 0.15) is 21.5 Å². The number of nitrogens with zero attached hydrogens (tertiary/aromatic N) is 1. The second-order valence-electron chi connectivity index (χ2n) is 7.45. The molecule has 0 atom stereocenters. The number of rotatable bonds is 6. The van der Waals surface area contributed by atoms with E-state index in [1.807, 2.05) is 36.4 Å². The third-order valence-electron chi connectivity index (χ3n) is 5.17. The van der Waals surface area contributed by atoms with Crippen LogP contribution in [0, 0.1) is 5.82 Å². The molecule has 0 saturated heterocycles. The molecule has 5 nitrogen and oxygen atoms in total. The van der Waals surface area contributed by atoms with Crippen molar-refractivity contribution < 1.29 is 27.1 Å². The molecular formula is C25H19F4N3O2. The molecule has 174 valence electrons. The summed E-state index contributed by atoms with van der Waals surface area (Å²) >= 11 is 0. The van der Waals surface area contributed by atoms with Crippen LogP contribution in [0.25, 0.3) is 22.6 Å². The lowest BCUT2D eigenvalue weighted by molar-refractivity contribution is -0.140. The van der Waals surface area contributed by atoms with Crippen molar-refractivity contribution in [3.8, 4) is 28.4 Å². The molecule has 0 saturated carbocycles. The van der Waals surface area contributed by atoms with Crippen molar-refractivity contribution >= 4 is 5.91 Å². The number of halogens is 4. The maximum absolute atomic E-state index is 13.7. The van der Waals surface area contributed by atoms with Crippen molar-refractivity contribution in [1.82, 2.24) is 15.3 Å². The number of aromatic nitrogens is 2. The number of nitrogens with one attached hydrogen (secondary N) is 2. The SMILES string of the molecule is COc1cccc(-c2cnc(-c3ccc(CNC(=O)c4ccc(C(F)(F)F)c(F)c4)cc3)[nH]2)c1. The third kappa shape index (κ3) is 5.09. The number of hydrogen-bond acceptors (Lipinski definition) is 3. The Hall–Kier alpha value is -4.14. The van der Waals surface area contributed by atoms with E-state index < -0.39 is 23.5 Å². The molecule has 34 heavy (non-hydrogen) atoms. The quantitative estimate of drug-likeness (QED) is 0.349. The number of carbonyl (C=O) groups is 1. The van der Waals surface area contributed by atoms with Crippen LogP contribution in [-0.2, 0) is 12.7 Å². The summed E-state index contributed by atoms with van der Waals surface area (Å²) in [4.78, 5) is 19.9. The lowest BCUT2D eigenvalue weighted by atomic mass is 10.1. The molecule has 4 aromatic rings. The summed E-state index contributed by atoms with van der Waals surface area (Å²) in [6.45, 7) is 0.120. The second-order valence-corrected chi connectivity index (χ2v) is 7.45. The molecule has 3 aromatic carbocycles. The summed E-state index contributed by atoms with van der Waals surface area (Å²) in [6, 6.07) is 16.9. The molecule has 0 aliphatic rings. The van der Waals surface area contributed by atoms with Crippen LogP contribution in [0.2, 0.25) is 0 Å². The standard InChI is InChI=1S/C25H19F4N3O2/c1-34-19-4-2-3-17(11-19)22-14-30-23(32-22)16-7-5-15(6-8-16)13-31-24(33)18-9-10-20(21(26)12-18)25(27,28)29/h2-12,14H,13H2,1H3,(H,30,32)(H,31,33). The van der Waals surface area contributed by atoms with Crippen molar-refractivity contribution in [3.63, 3.8) is 0 Å². The predicted molar refractivity (Wildman–Crippen MR) is 119 cm³/mol. The molecule has 0 aliphatic heterocycles. The maximum Gasteiger partial charge on any atom is 0.419 e. The number of benzene rings is 3. The Labute approximate surface area is 192 Å². The van der Waals surface area contributed by atoms with Gasteiger partial charge >= 0.3 is 6.18 Å². The Balaban J connectivity index is 1.40. The molecule has 0 radical (unpaired) electrons. The Morgan fingerprint density at radius 2 is 1.79 bits per heavy atom. The van der Waals surface area contributed by atoms with Crippen molar-refractivity contribution in [2.24, 2.45) is 0 Å². The van der Waals surface area contributed by atoms with Gasteiger partial charge in [0.25, 0.3) is 5.91 Å². The smallest absolute Gasteiger partial charge is 0.419 e. The van der Waals surface area contributed by atoms with Gasteiger partial charge in [-0.25, -0.2) is 9.37 Å². The van der Waals surface area contributed by atoms with E-state index in [1.54, 1.807) is 25.4 Å². The van der Waals surface area contributed by atoms with Gasteiger partial charge in [0.1, 0.15) is 17.4 Å². The van der Waals surface area contributed by atoms with Crippen molar-refractivity contribution in [2.45, 2.75) is 12.7 Å². The fourth-order valence-electron chi connectivity index (χ4n) is 3.36.